The zero-order chi connectivity index (χ0) is 11.0. The van der Waals surface area contributed by atoms with E-state index in [2.05, 4.69) is 16.0 Å². The topological polar surface area (TPSA) is 37.9 Å². The van der Waals surface area contributed by atoms with Crippen molar-refractivity contribution in [2.45, 2.75) is 6.42 Å². The molecule has 1 aromatic carbocycles. The number of hydrogen-bond acceptors (Lipinski definition) is 3. The molecule has 16 heavy (non-hydrogen) atoms. The fourth-order valence-corrected chi connectivity index (χ4v) is 2.18. The second kappa shape index (κ2) is 3.72. The minimum atomic E-state index is 0.645. The Balaban J connectivity index is 2.25. The number of ether oxygens (including phenoxy) is 1. The maximum Gasteiger partial charge on any atom is 0.132 e. The summed E-state index contributed by atoms with van der Waals surface area (Å²) in [6.07, 6.45) is 4.40. The third-order valence-corrected chi connectivity index (χ3v) is 2.99. The van der Waals surface area contributed by atoms with Crippen LogP contribution in [0.4, 0.5) is 0 Å². The van der Waals surface area contributed by atoms with Crippen molar-refractivity contribution in [3.8, 4) is 17.0 Å². The van der Waals surface area contributed by atoms with Crippen molar-refractivity contribution in [1.29, 1.82) is 0 Å². The lowest BCUT2D eigenvalue weighted by Gasteiger charge is -2.06. The lowest BCUT2D eigenvalue weighted by Crippen LogP contribution is -1.91. The molecule has 2 heterocycles. The van der Waals surface area contributed by atoms with E-state index in [4.69, 9.17) is 17.0 Å². The average molecular weight is 230 g/mol. The molecular formula is C12H10N2OS. The van der Waals surface area contributed by atoms with Crippen molar-refractivity contribution in [2.24, 2.45) is 0 Å². The number of nitrogens with one attached hydrogen (secondary N) is 1. The average Bonchev–Trinajstić information content (AvgIpc) is 2.77. The Labute approximate surface area is 98.1 Å². The predicted octanol–water partition coefficient (Wildman–Crippen LogP) is 2.74. The second-order valence-corrected chi connectivity index (χ2v) is 4.07. The molecule has 0 amide bonds. The summed E-state index contributed by atoms with van der Waals surface area (Å²) in [5.74, 6) is 0.931. The molecule has 0 atom stereocenters. The van der Waals surface area contributed by atoms with Crippen LogP contribution in [-0.2, 0) is 6.42 Å². The van der Waals surface area contributed by atoms with Gasteiger partial charge in [0.25, 0.3) is 0 Å². The van der Waals surface area contributed by atoms with Crippen LogP contribution in [0.25, 0.3) is 11.3 Å². The van der Waals surface area contributed by atoms with Gasteiger partial charge in [-0.05, 0) is 11.6 Å². The summed E-state index contributed by atoms with van der Waals surface area (Å²) in [4.78, 5) is 7.30. The highest BCUT2D eigenvalue weighted by molar-refractivity contribution is 7.71. The predicted molar refractivity (Wildman–Crippen MR) is 64.1 cm³/mol. The Morgan fingerprint density at radius 2 is 2.31 bits per heavy atom. The monoisotopic (exact) mass is 230 g/mol. The fourth-order valence-electron chi connectivity index (χ4n) is 1.95. The molecule has 80 valence electrons. The van der Waals surface area contributed by atoms with Crippen LogP contribution in [0.2, 0.25) is 0 Å². The van der Waals surface area contributed by atoms with Crippen LogP contribution < -0.4 is 4.74 Å². The van der Waals surface area contributed by atoms with Gasteiger partial charge in [0.05, 0.1) is 6.61 Å². The van der Waals surface area contributed by atoms with Gasteiger partial charge in [0.15, 0.2) is 0 Å². The molecule has 0 radical (unpaired) electrons. The summed E-state index contributed by atoms with van der Waals surface area (Å²) in [7, 11) is 0. The van der Waals surface area contributed by atoms with Crippen molar-refractivity contribution in [2.75, 3.05) is 6.61 Å². The molecule has 3 rings (SSSR count). The Bertz CT molecular complexity index is 592. The van der Waals surface area contributed by atoms with Gasteiger partial charge < -0.3 is 9.72 Å². The minimum Gasteiger partial charge on any atom is -0.492 e. The standard InChI is InChI=1S/C12H10N2OS/c16-12-10(13-5-6-14-12)9-3-1-2-8-4-7-15-11(8)9/h1-3,5-6H,4,7H2,(H,14,16). The van der Waals surface area contributed by atoms with Crippen molar-refractivity contribution in [3.05, 3.63) is 40.8 Å². The number of H-pyrrole nitrogens is 1. The number of aromatic nitrogens is 2. The first kappa shape index (κ1) is 9.54. The van der Waals surface area contributed by atoms with Gasteiger partial charge in [0, 0.05) is 24.4 Å². The van der Waals surface area contributed by atoms with E-state index < -0.39 is 0 Å². The number of benzene rings is 1. The second-order valence-electron chi connectivity index (χ2n) is 3.66. The molecule has 1 aromatic heterocycles. The largest absolute Gasteiger partial charge is 0.492 e. The summed E-state index contributed by atoms with van der Waals surface area (Å²) in [6, 6.07) is 6.10. The molecular weight excluding hydrogens is 220 g/mol. The number of para-hydroxylation sites is 1. The van der Waals surface area contributed by atoms with Gasteiger partial charge in [-0.3, -0.25) is 4.98 Å². The van der Waals surface area contributed by atoms with Crippen LogP contribution in [0.3, 0.4) is 0 Å². The number of nitrogens with zero attached hydrogens (tertiary/aromatic N) is 1. The molecule has 0 spiro atoms. The number of rotatable bonds is 1. The minimum absolute atomic E-state index is 0.645. The summed E-state index contributed by atoms with van der Waals surface area (Å²) in [5, 5.41) is 0. The molecule has 1 N–H and O–H groups in total. The number of fused-ring (bicyclic) bond motifs is 1. The van der Waals surface area contributed by atoms with Crippen LogP contribution in [0.15, 0.2) is 30.6 Å². The van der Waals surface area contributed by atoms with E-state index in [9.17, 15) is 0 Å². The lowest BCUT2D eigenvalue weighted by atomic mass is 10.1. The SMILES string of the molecule is S=c1[nH]ccnc1-c1cccc2c1OCC2. The van der Waals surface area contributed by atoms with Crippen LogP contribution in [0.5, 0.6) is 5.75 Å². The third kappa shape index (κ3) is 1.42. The molecule has 0 bridgehead atoms. The first-order chi connectivity index (χ1) is 7.86. The van der Waals surface area contributed by atoms with E-state index in [1.807, 2.05) is 12.1 Å². The molecule has 0 aliphatic carbocycles. The Kier molecular flexibility index (Phi) is 2.22. The molecule has 2 aromatic rings. The third-order valence-electron chi connectivity index (χ3n) is 2.68. The van der Waals surface area contributed by atoms with E-state index in [0.717, 1.165) is 30.0 Å². The number of aromatic amines is 1. The zero-order valence-corrected chi connectivity index (χ0v) is 9.38. The van der Waals surface area contributed by atoms with E-state index in [1.54, 1.807) is 12.4 Å². The van der Waals surface area contributed by atoms with Gasteiger partial charge in [0.1, 0.15) is 16.1 Å². The molecule has 0 saturated carbocycles. The molecule has 1 aliphatic rings. The number of hydrogen-bond donors (Lipinski definition) is 1. The Morgan fingerprint density at radius 3 is 3.19 bits per heavy atom. The molecule has 3 nitrogen and oxygen atoms in total. The Hall–Kier alpha value is -1.68. The van der Waals surface area contributed by atoms with E-state index >= 15 is 0 Å². The molecule has 0 saturated heterocycles. The highest BCUT2D eigenvalue weighted by atomic mass is 32.1. The van der Waals surface area contributed by atoms with Crippen molar-refractivity contribution in [3.63, 3.8) is 0 Å². The quantitative estimate of drug-likeness (QED) is 0.765. The summed E-state index contributed by atoms with van der Waals surface area (Å²) in [5.41, 5.74) is 3.01. The fraction of sp³-hybridized carbons (Fsp3) is 0.167. The lowest BCUT2D eigenvalue weighted by molar-refractivity contribution is 0.358. The summed E-state index contributed by atoms with van der Waals surface area (Å²) in [6.45, 7) is 0.746. The smallest absolute Gasteiger partial charge is 0.132 e. The van der Waals surface area contributed by atoms with E-state index in [1.165, 1.54) is 5.56 Å². The van der Waals surface area contributed by atoms with Gasteiger partial charge in [-0.25, -0.2) is 0 Å². The van der Waals surface area contributed by atoms with E-state index in [-0.39, 0.29) is 0 Å². The van der Waals surface area contributed by atoms with Gasteiger partial charge in [0.2, 0.25) is 0 Å². The van der Waals surface area contributed by atoms with Gasteiger partial charge in [-0.2, -0.15) is 0 Å². The van der Waals surface area contributed by atoms with Crippen LogP contribution in [0, 0.1) is 4.64 Å². The zero-order valence-electron chi connectivity index (χ0n) is 8.56. The van der Waals surface area contributed by atoms with Crippen molar-refractivity contribution < 1.29 is 4.74 Å². The highest BCUT2D eigenvalue weighted by Gasteiger charge is 2.18. The van der Waals surface area contributed by atoms with Crippen molar-refractivity contribution in [1.82, 2.24) is 9.97 Å². The Morgan fingerprint density at radius 1 is 1.38 bits per heavy atom. The van der Waals surface area contributed by atoms with Crippen LogP contribution >= 0.6 is 12.2 Å². The molecule has 0 fully saturated rings. The molecule has 4 heteroatoms. The highest BCUT2D eigenvalue weighted by Crippen LogP contribution is 2.35. The maximum atomic E-state index is 5.64. The van der Waals surface area contributed by atoms with Gasteiger partial charge >= 0.3 is 0 Å². The normalized spacial score (nSPS) is 13.2. The molecule has 1 aliphatic heterocycles. The van der Waals surface area contributed by atoms with Crippen LogP contribution in [-0.4, -0.2) is 16.6 Å². The van der Waals surface area contributed by atoms with E-state index in [0.29, 0.717) is 4.64 Å². The van der Waals surface area contributed by atoms with Crippen LogP contribution in [0.1, 0.15) is 5.56 Å². The summed E-state index contributed by atoms with van der Waals surface area (Å²) < 4.78 is 6.28. The maximum absolute atomic E-state index is 5.64. The summed E-state index contributed by atoms with van der Waals surface area (Å²) >= 11 is 5.23. The van der Waals surface area contributed by atoms with Gasteiger partial charge in [-0.1, -0.05) is 24.4 Å². The first-order valence-electron chi connectivity index (χ1n) is 5.15. The molecule has 0 unspecified atom stereocenters. The van der Waals surface area contributed by atoms with Gasteiger partial charge in [-0.15, -0.1) is 0 Å². The van der Waals surface area contributed by atoms with Crippen molar-refractivity contribution >= 4 is 12.2 Å². The first-order valence-corrected chi connectivity index (χ1v) is 5.56.